The average Bonchev–Trinajstić information content (AvgIpc) is 3.04. The Bertz CT molecular complexity index is 572. The Morgan fingerprint density at radius 2 is 2.06 bits per heavy atom. The van der Waals surface area contributed by atoms with Crippen LogP contribution in [0.25, 0.3) is 10.8 Å². The molecule has 2 aromatic rings. The van der Waals surface area contributed by atoms with E-state index in [2.05, 4.69) is 18.2 Å². The second kappa shape index (κ2) is 3.34. The third-order valence-corrected chi connectivity index (χ3v) is 3.04. The van der Waals surface area contributed by atoms with E-state index in [0.717, 1.165) is 11.1 Å². The summed E-state index contributed by atoms with van der Waals surface area (Å²) >= 11 is 0. The van der Waals surface area contributed by atoms with Crippen LogP contribution in [0.15, 0.2) is 36.4 Å². The molecular formula is C14H12O2. The van der Waals surface area contributed by atoms with Crippen molar-refractivity contribution in [2.45, 2.75) is 12.8 Å². The molecule has 1 aliphatic carbocycles. The molecule has 0 aromatic heterocycles. The second-order valence-corrected chi connectivity index (χ2v) is 3.97. The fourth-order valence-corrected chi connectivity index (χ4v) is 2.27. The fourth-order valence-electron chi connectivity index (χ4n) is 2.27. The molecule has 0 fully saturated rings. The van der Waals surface area contributed by atoms with Crippen LogP contribution < -0.4 is 0 Å². The van der Waals surface area contributed by atoms with Gasteiger partial charge in [-0.1, -0.05) is 36.4 Å². The van der Waals surface area contributed by atoms with Gasteiger partial charge in [-0.3, -0.25) is 4.79 Å². The molecule has 0 bridgehead atoms. The van der Waals surface area contributed by atoms with E-state index < -0.39 is 0 Å². The van der Waals surface area contributed by atoms with Crippen molar-refractivity contribution < 1.29 is 9.53 Å². The molecule has 1 unspecified atom stereocenters. The van der Waals surface area contributed by atoms with Gasteiger partial charge >= 0.3 is 5.97 Å². The van der Waals surface area contributed by atoms with Gasteiger partial charge in [0.15, 0.2) is 0 Å². The van der Waals surface area contributed by atoms with E-state index in [4.69, 9.17) is 4.74 Å². The van der Waals surface area contributed by atoms with Crippen LogP contribution in [0.1, 0.15) is 24.0 Å². The Balaban J connectivity index is 2.05. The Labute approximate surface area is 93.8 Å². The molecule has 2 heteroatoms. The summed E-state index contributed by atoms with van der Waals surface area (Å²) in [6.45, 7) is 2.28. The Hall–Kier alpha value is -1.83. The highest BCUT2D eigenvalue weighted by molar-refractivity contribution is 6.01. The number of benzene rings is 2. The van der Waals surface area contributed by atoms with Crippen molar-refractivity contribution >= 4 is 16.7 Å². The van der Waals surface area contributed by atoms with Gasteiger partial charge in [0.05, 0.1) is 6.61 Å². The molecule has 0 saturated carbocycles. The number of fused-ring (bicyclic) bond motifs is 3. The molecule has 0 radical (unpaired) electrons. The molecule has 0 saturated heterocycles. The van der Waals surface area contributed by atoms with Crippen LogP contribution in [0.4, 0.5) is 0 Å². The molecule has 1 atom stereocenters. The summed E-state index contributed by atoms with van der Waals surface area (Å²) in [5.41, 5.74) is 2.27. The lowest BCUT2D eigenvalue weighted by molar-refractivity contribution is -0.142. The summed E-state index contributed by atoms with van der Waals surface area (Å²) in [7, 11) is 0. The van der Waals surface area contributed by atoms with E-state index in [1.807, 2.05) is 25.1 Å². The lowest BCUT2D eigenvalue weighted by Gasteiger charge is -1.98. The number of carbonyl (C=O) groups excluding carboxylic acids is 1. The van der Waals surface area contributed by atoms with Gasteiger partial charge in [-0.05, 0) is 28.8 Å². The van der Waals surface area contributed by atoms with Crippen molar-refractivity contribution in [3.63, 3.8) is 0 Å². The van der Waals surface area contributed by atoms with Crippen molar-refractivity contribution in [2.75, 3.05) is 6.61 Å². The topological polar surface area (TPSA) is 26.3 Å². The molecule has 3 rings (SSSR count). The van der Waals surface area contributed by atoms with E-state index >= 15 is 0 Å². The van der Waals surface area contributed by atoms with Crippen LogP contribution >= 0.6 is 0 Å². The molecular weight excluding hydrogens is 200 g/mol. The second-order valence-electron chi connectivity index (χ2n) is 3.97. The molecule has 0 spiro atoms. The Morgan fingerprint density at radius 3 is 2.88 bits per heavy atom. The van der Waals surface area contributed by atoms with Crippen LogP contribution in [-0.4, -0.2) is 12.6 Å². The molecule has 0 amide bonds. The summed E-state index contributed by atoms with van der Waals surface area (Å²) in [5, 5.41) is 2.37. The number of hydrogen-bond acceptors (Lipinski definition) is 2. The summed E-state index contributed by atoms with van der Waals surface area (Å²) in [6, 6.07) is 12.2. The first-order valence-corrected chi connectivity index (χ1v) is 5.51. The first-order valence-electron chi connectivity index (χ1n) is 5.51. The van der Waals surface area contributed by atoms with Crippen LogP contribution in [0.3, 0.4) is 0 Å². The smallest absolute Gasteiger partial charge is 0.317 e. The van der Waals surface area contributed by atoms with Gasteiger partial charge in [-0.2, -0.15) is 0 Å². The summed E-state index contributed by atoms with van der Waals surface area (Å²) in [5.74, 6) is -0.228. The first kappa shape index (κ1) is 9.40. The predicted molar refractivity (Wildman–Crippen MR) is 62.4 cm³/mol. The molecule has 80 valence electrons. The van der Waals surface area contributed by atoms with Gasteiger partial charge < -0.3 is 4.74 Å². The van der Waals surface area contributed by atoms with Crippen LogP contribution in [-0.2, 0) is 9.53 Å². The molecule has 2 nitrogen and oxygen atoms in total. The lowest BCUT2D eigenvalue weighted by atomic mass is 10.1. The third-order valence-electron chi connectivity index (χ3n) is 3.04. The number of carbonyl (C=O) groups is 1. The number of esters is 1. The zero-order valence-electron chi connectivity index (χ0n) is 9.07. The van der Waals surface area contributed by atoms with Crippen molar-refractivity contribution in [2.24, 2.45) is 0 Å². The summed E-state index contributed by atoms with van der Waals surface area (Å²) in [4.78, 5) is 11.7. The van der Waals surface area contributed by atoms with E-state index in [9.17, 15) is 4.79 Å². The van der Waals surface area contributed by atoms with Crippen LogP contribution in [0.2, 0.25) is 0 Å². The quantitative estimate of drug-likeness (QED) is 0.715. The zero-order valence-corrected chi connectivity index (χ0v) is 9.07. The van der Waals surface area contributed by atoms with Gasteiger partial charge in [-0.25, -0.2) is 0 Å². The van der Waals surface area contributed by atoms with Crippen molar-refractivity contribution in [1.29, 1.82) is 0 Å². The van der Waals surface area contributed by atoms with Gasteiger partial charge in [0.2, 0.25) is 0 Å². The van der Waals surface area contributed by atoms with Gasteiger partial charge in [-0.15, -0.1) is 0 Å². The third kappa shape index (κ3) is 1.23. The van der Waals surface area contributed by atoms with E-state index in [1.165, 1.54) is 10.8 Å². The van der Waals surface area contributed by atoms with Crippen molar-refractivity contribution in [3.05, 3.63) is 47.5 Å². The maximum atomic E-state index is 11.7. The van der Waals surface area contributed by atoms with Crippen molar-refractivity contribution in [3.8, 4) is 0 Å². The number of hydrogen-bond donors (Lipinski definition) is 0. The number of rotatable bonds is 2. The largest absolute Gasteiger partial charge is 0.465 e. The highest BCUT2D eigenvalue weighted by Crippen LogP contribution is 2.48. The normalized spacial score (nSPS) is 16.9. The Kier molecular flexibility index (Phi) is 1.96. The summed E-state index contributed by atoms with van der Waals surface area (Å²) < 4.78 is 5.06. The first-order chi connectivity index (χ1) is 7.83. The predicted octanol–water partition coefficient (Wildman–Crippen LogP) is 2.85. The van der Waals surface area contributed by atoms with Crippen LogP contribution in [0, 0.1) is 0 Å². The monoisotopic (exact) mass is 212 g/mol. The maximum absolute atomic E-state index is 11.7. The highest BCUT2D eigenvalue weighted by Gasteiger charge is 2.41. The minimum absolute atomic E-state index is 0.111. The molecule has 1 aliphatic rings. The Morgan fingerprint density at radius 1 is 1.25 bits per heavy atom. The van der Waals surface area contributed by atoms with Crippen molar-refractivity contribution in [1.82, 2.24) is 0 Å². The number of ether oxygens (including phenoxy) is 1. The van der Waals surface area contributed by atoms with E-state index in [1.54, 1.807) is 0 Å². The van der Waals surface area contributed by atoms with Crippen LogP contribution in [0.5, 0.6) is 0 Å². The maximum Gasteiger partial charge on any atom is 0.317 e. The molecule has 0 aliphatic heterocycles. The molecule has 2 aromatic carbocycles. The van der Waals surface area contributed by atoms with E-state index in [0.29, 0.717) is 6.61 Å². The molecule has 0 heterocycles. The fraction of sp³-hybridized carbons (Fsp3) is 0.214. The van der Waals surface area contributed by atoms with Gasteiger partial charge in [0.1, 0.15) is 5.92 Å². The summed E-state index contributed by atoms with van der Waals surface area (Å²) in [6.07, 6.45) is 0. The lowest BCUT2D eigenvalue weighted by Crippen LogP contribution is -2.05. The molecule has 16 heavy (non-hydrogen) atoms. The average molecular weight is 212 g/mol. The highest BCUT2D eigenvalue weighted by atomic mass is 16.5. The van der Waals surface area contributed by atoms with E-state index in [-0.39, 0.29) is 11.9 Å². The minimum Gasteiger partial charge on any atom is -0.465 e. The molecule has 0 N–H and O–H groups in total. The SMILES string of the molecule is CCOC(=O)C1c2ccc3ccccc3c21. The zero-order chi connectivity index (χ0) is 11.1. The standard InChI is InChI=1S/C14H12O2/c1-2-16-14(15)13-11-8-7-9-5-3-4-6-10(9)12(11)13/h3-8,13H,2H2,1H3. The van der Waals surface area contributed by atoms with Gasteiger partial charge in [0.25, 0.3) is 0 Å². The minimum atomic E-state index is -0.117. The van der Waals surface area contributed by atoms with Gasteiger partial charge in [0, 0.05) is 0 Å².